The number of anilines is 1. The number of nitrogens with zero attached hydrogens (tertiary/aromatic N) is 1. The van der Waals surface area contributed by atoms with E-state index in [1.54, 1.807) is 6.07 Å². The van der Waals surface area contributed by atoms with E-state index in [0.29, 0.717) is 29.6 Å². The zero-order valence-electron chi connectivity index (χ0n) is 7.03. The van der Waals surface area contributed by atoms with Gasteiger partial charge in [0.15, 0.2) is 0 Å². The lowest BCUT2D eigenvalue weighted by Gasteiger charge is -2.06. The molecule has 0 saturated carbocycles. The molecule has 0 saturated heterocycles. The van der Waals surface area contributed by atoms with E-state index in [9.17, 15) is 0 Å². The van der Waals surface area contributed by atoms with Crippen LogP contribution >= 0.6 is 11.6 Å². The molecule has 0 fully saturated rings. The van der Waals surface area contributed by atoms with Gasteiger partial charge in [0.05, 0.1) is 17.3 Å². The summed E-state index contributed by atoms with van der Waals surface area (Å²) in [6.45, 7) is 0.489. The summed E-state index contributed by atoms with van der Waals surface area (Å²) in [6.07, 6.45) is 2.02. The molecule has 1 heterocycles. The van der Waals surface area contributed by atoms with Crippen molar-refractivity contribution >= 4 is 17.3 Å². The summed E-state index contributed by atoms with van der Waals surface area (Å²) in [5.74, 6) is 0.359. The quantitative estimate of drug-likeness (QED) is 0.717. The fraction of sp³-hybridized carbons (Fsp3) is 0.375. The molecular weight excluding hydrogens is 192 g/mol. The highest BCUT2D eigenvalue weighted by atomic mass is 35.5. The fourth-order valence-corrected chi connectivity index (χ4v) is 0.963. The second-order valence-electron chi connectivity index (χ2n) is 2.47. The van der Waals surface area contributed by atoms with Crippen molar-refractivity contribution in [2.45, 2.75) is 6.42 Å². The summed E-state index contributed by atoms with van der Waals surface area (Å²) in [7, 11) is 0. The molecule has 0 bridgehead atoms. The van der Waals surface area contributed by atoms with Crippen LogP contribution in [0.1, 0.15) is 6.42 Å². The zero-order valence-corrected chi connectivity index (χ0v) is 7.79. The maximum absolute atomic E-state index is 8.50. The number of halogens is 1. The van der Waals surface area contributed by atoms with E-state index in [0.717, 1.165) is 0 Å². The van der Waals surface area contributed by atoms with Gasteiger partial charge in [-0.3, -0.25) is 0 Å². The van der Waals surface area contributed by atoms with Gasteiger partial charge in [0.25, 0.3) is 0 Å². The number of hydrogen-bond donors (Lipinski definition) is 2. The van der Waals surface area contributed by atoms with Gasteiger partial charge >= 0.3 is 0 Å². The Morgan fingerprint density at radius 1 is 1.62 bits per heavy atom. The Bertz CT molecular complexity index is 281. The Hall–Kier alpha value is -1.00. The van der Waals surface area contributed by atoms with Gasteiger partial charge in [-0.2, -0.15) is 0 Å². The van der Waals surface area contributed by atoms with Crippen LogP contribution in [-0.4, -0.2) is 23.3 Å². The van der Waals surface area contributed by atoms with Crippen molar-refractivity contribution in [2.75, 3.05) is 18.9 Å². The van der Waals surface area contributed by atoms with Crippen LogP contribution in [0, 0.1) is 0 Å². The number of nitrogens with two attached hydrogens (primary N) is 1. The third kappa shape index (κ3) is 3.08. The molecule has 0 aliphatic heterocycles. The number of ether oxygens (including phenoxy) is 1. The minimum absolute atomic E-state index is 0.0908. The lowest BCUT2D eigenvalue weighted by molar-refractivity contribution is 0.230. The number of rotatable bonds is 4. The van der Waals surface area contributed by atoms with Crippen molar-refractivity contribution in [1.82, 2.24) is 4.98 Å². The van der Waals surface area contributed by atoms with Gasteiger partial charge in [0.1, 0.15) is 0 Å². The lowest BCUT2D eigenvalue weighted by Crippen LogP contribution is -2.03. The van der Waals surface area contributed by atoms with E-state index in [1.807, 2.05) is 0 Å². The van der Waals surface area contributed by atoms with Crippen LogP contribution in [0.25, 0.3) is 0 Å². The molecule has 0 aliphatic carbocycles. The van der Waals surface area contributed by atoms with Crippen LogP contribution in [0.15, 0.2) is 12.3 Å². The van der Waals surface area contributed by atoms with E-state index in [-0.39, 0.29) is 6.61 Å². The van der Waals surface area contributed by atoms with Gasteiger partial charge in [0.2, 0.25) is 5.88 Å². The van der Waals surface area contributed by atoms with Crippen molar-refractivity contribution in [2.24, 2.45) is 0 Å². The monoisotopic (exact) mass is 202 g/mol. The molecule has 0 spiro atoms. The Morgan fingerprint density at radius 2 is 2.38 bits per heavy atom. The third-order valence-electron chi connectivity index (χ3n) is 1.39. The van der Waals surface area contributed by atoms with Crippen molar-refractivity contribution < 1.29 is 9.84 Å². The molecule has 0 unspecified atom stereocenters. The number of hydrogen-bond acceptors (Lipinski definition) is 4. The standard InChI is InChI=1S/C8H11ClN2O2/c9-6-4-7(10)8(11-5-6)13-3-1-2-12/h4-5,12H,1-3,10H2. The summed E-state index contributed by atoms with van der Waals surface area (Å²) >= 11 is 5.64. The number of nitrogen functional groups attached to an aromatic ring is 1. The highest BCUT2D eigenvalue weighted by molar-refractivity contribution is 6.30. The van der Waals surface area contributed by atoms with Crippen LogP contribution in [0.3, 0.4) is 0 Å². The molecule has 0 atom stereocenters. The average molecular weight is 203 g/mol. The smallest absolute Gasteiger partial charge is 0.237 e. The first kappa shape index (κ1) is 10.1. The normalized spacial score (nSPS) is 10.0. The van der Waals surface area contributed by atoms with Crippen LogP contribution in [0.4, 0.5) is 5.69 Å². The summed E-state index contributed by atoms with van der Waals surface area (Å²) in [4.78, 5) is 3.89. The molecule has 3 N–H and O–H groups in total. The number of aliphatic hydroxyl groups is 1. The highest BCUT2D eigenvalue weighted by Gasteiger charge is 2.01. The molecule has 1 aromatic heterocycles. The molecule has 1 aromatic rings. The molecule has 13 heavy (non-hydrogen) atoms. The number of aliphatic hydroxyl groups excluding tert-OH is 1. The van der Waals surface area contributed by atoms with Gasteiger partial charge in [-0.05, 0) is 6.07 Å². The van der Waals surface area contributed by atoms with Crippen molar-refractivity contribution in [3.63, 3.8) is 0 Å². The van der Waals surface area contributed by atoms with Crippen LogP contribution in [0.5, 0.6) is 5.88 Å². The first-order valence-electron chi connectivity index (χ1n) is 3.88. The minimum atomic E-state index is 0.0908. The SMILES string of the molecule is Nc1cc(Cl)cnc1OCCCO. The van der Waals surface area contributed by atoms with E-state index in [1.165, 1.54) is 6.20 Å². The number of pyridine rings is 1. The molecular formula is C8H11ClN2O2. The fourth-order valence-electron chi connectivity index (χ4n) is 0.796. The van der Waals surface area contributed by atoms with Gasteiger partial charge in [0, 0.05) is 19.2 Å². The maximum Gasteiger partial charge on any atom is 0.237 e. The largest absolute Gasteiger partial charge is 0.476 e. The Balaban J connectivity index is 2.56. The molecule has 0 aromatic carbocycles. The maximum atomic E-state index is 8.50. The van der Waals surface area contributed by atoms with Gasteiger partial charge in [-0.1, -0.05) is 11.6 Å². The van der Waals surface area contributed by atoms with E-state index < -0.39 is 0 Å². The second kappa shape index (κ2) is 4.89. The molecule has 5 heteroatoms. The molecule has 0 aliphatic rings. The first-order valence-corrected chi connectivity index (χ1v) is 4.26. The van der Waals surface area contributed by atoms with Crippen LogP contribution in [-0.2, 0) is 0 Å². The summed E-state index contributed by atoms with van der Waals surface area (Å²) in [5, 5.41) is 8.98. The second-order valence-corrected chi connectivity index (χ2v) is 2.91. The molecule has 0 radical (unpaired) electrons. The molecule has 4 nitrogen and oxygen atoms in total. The van der Waals surface area contributed by atoms with Crippen LogP contribution < -0.4 is 10.5 Å². The van der Waals surface area contributed by atoms with E-state index in [4.69, 9.17) is 27.2 Å². The molecule has 0 amide bonds. The van der Waals surface area contributed by atoms with Crippen LogP contribution in [0.2, 0.25) is 5.02 Å². The predicted molar refractivity (Wildman–Crippen MR) is 50.9 cm³/mol. The van der Waals surface area contributed by atoms with Gasteiger partial charge < -0.3 is 15.6 Å². The topological polar surface area (TPSA) is 68.4 Å². The van der Waals surface area contributed by atoms with Gasteiger partial charge in [-0.15, -0.1) is 0 Å². The van der Waals surface area contributed by atoms with E-state index in [2.05, 4.69) is 4.98 Å². The predicted octanol–water partition coefficient (Wildman–Crippen LogP) is 1.08. The van der Waals surface area contributed by atoms with E-state index >= 15 is 0 Å². The highest BCUT2D eigenvalue weighted by Crippen LogP contribution is 2.21. The minimum Gasteiger partial charge on any atom is -0.476 e. The first-order chi connectivity index (χ1) is 6.24. The Labute approximate surface area is 81.3 Å². The number of aromatic nitrogens is 1. The summed E-state index contributed by atoms with van der Waals surface area (Å²) < 4.78 is 5.18. The average Bonchev–Trinajstić information content (AvgIpc) is 2.09. The molecule has 1 rings (SSSR count). The third-order valence-corrected chi connectivity index (χ3v) is 1.59. The van der Waals surface area contributed by atoms with Gasteiger partial charge in [-0.25, -0.2) is 4.98 Å². The molecule has 72 valence electrons. The van der Waals surface area contributed by atoms with Crippen molar-refractivity contribution in [3.05, 3.63) is 17.3 Å². The zero-order chi connectivity index (χ0) is 9.68. The van der Waals surface area contributed by atoms with Crippen molar-refractivity contribution in [3.8, 4) is 5.88 Å². The van der Waals surface area contributed by atoms with Crippen molar-refractivity contribution in [1.29, 1.82) is 0 Å². The Kier molecular flexibility index (Phi) is 3.79. The lowest BCUT2D eigenvalue weighted by atomic mass is 10.4. The summed E-state index contributed by atoms with van der Waals surface area (Å²) in [5.41, 5.74) is 5.98. The summed E-state index contributed by atoms with van der Waals surface area (Å²) in [6, 6.07) is 1.57. The Morgan fingerprint density at radius 3 is 3.00 bits per heavy atom.